The predicted octanol–water partition coefficient (Wildman–Crippen LogP) is 3.86. The summed E-state index contributed by atoms with van der Waals surface area (Å²) in [6.07, 6.45) is 2.24. The van der Waals surface area contributed by atoms with E-state index in [1.807, 2.05) is 13.8 Å². The lowest BCUT2D eigenvalue weighted by Crippen LogP contribution is -2.12. The number of nitrogens with zero attached hydrogens (tertiary/aromatic N) is 6. The van der Waals surface area contributed by atoms with E-state index in [0.717, 1.165) is 40.1 Å². The summed E-state index contributed by atoms with van der Waals surface area (Å²) in [6.45, 7) is 5.53. The average molecular weight is 423 g/mol. The number of aryl methyl sites for hydroxylation is 3. The molecule has 0 spiro atoms. The summed E-state index contributed by atoms with van der Waals surface area (Å²) in [5.74, 6) is 1.00. The van der Waals surface area contributed by atoms with Crippen molar-refractivity contribution in [3.63, 3.8) is 0 Å². The number of rotatable bonds is 4. The molecule has 1 fully saturated rings. The number of thiophene rings is 1. The number of hydrogen-bond donors (Lipinski definition) is 1. The normalized spacial score (nSPS) is 13.7. The molecule has 0 bridgehead atoms. The Kier molecular flexibility index (Phi) is 4.31. The molecule has 3 aromatic heterocycles. The first-order chi connectivity index (χ1) is 14.4. The number of hydrogen-bond acceptors (Lipinski definition) is 7. The zero-order chi connectivity index (χ0) is 21.0. The average Bonchev–Trinajstić information content (AvgIpc) is 3.39. The van der Waals surface area contributed by atoms with Crippen LogP contribution in [0.3, 0.4) is 0 Å². The molecule has 4 aromatic rings. The van der Waals surface area contributed by atoms with Gasteiger partial charge in [-0.3, -0.25) is 4.79 Å². The molecule has 1 aromatic carbocycles. The first-order valence-electron chi connectivity index (χ1n) is 9.56. The SMILES string of the molecule is Cc1nc(C2CC2)nc2sc(C(=O)Nc3ccc(F)c(-n4nnnc4C)c3)c(C)c12. The van der Waals surface area contributed by atoms with Crippen molar-refractivity contribution in [2.45, 2.75) is 39.5 Å². The van der Waals surface area contributed by atoms with E-state index < -0.39 is 5.82 Å². The molecule has 1 aliphatic rings. The van der Waals surface area contributed by atoms with Crippen molar-refractivity contribution >= 4 is 33.1 Å². The molecule has 1 saturated carbocycles. The van der Waals surface area contributed by atoms with Crippen molar-refractivity contribution in [3.05, 3.63) is 51.8 Å². The molecule has 1 N–H and O–H groups in total. The fourth-order valence-electron chi connectivity index (χ4n) is 3.50. The van der Waals surface area contributed by atoms with Crippen molar-refractivity contribution < 1.29 is 9.18 Å². The van der Waals surface area contributed by atoms with Gasteiger partial charge in [0.15, 0.2) is 5.82 Å². The summed E-state index contributed by atoms with van der Waals surface area (Å²) in [5.41, 5.74) is 2.36. The van der Waals surface area contributed by atoms with E-state index in [4.69, 9.17) is 4.98 Å². The van der Waals surface area contributed by atoms with Gasteiger partial charge in [0.05, 0.1) is 10.6 Å². The maximum Gasteiger partial charge on any atom is 0.266 e. The quantitative estimate of drug-likeness (QED) is 0.535. The lowest BCUT2D eigenvalue weighted by Gasteiger charge is -2.08. The number of benzene rings is 1. The molecule has 8 nitrogen and oxygen atoms in total. The van der Waals surface area contributed by atoms with Crippen LogP contribution in [0.15, 0.2) is 18.2 Å². The van der Waals surface area contributed by atoms with Gasteiger partial charge in [-0.05, 0) is 67.8 Å². The van der Waals surface area contributed by atoms with Gasteiger partial charge in [-0.25, -0.2) is 14.4 Å². The minimum absolute atomic E-state index is 0.166. The lowest BCUT2D eigenvalue weighted by molar-refractivity contribution is 0.103. The van der Waals surface area contributed by atoms with Crippen LogP contribution >= 0.6 is 11.3 Å². The molecule has 5 rings (SSSR count). The highest BCUT2D eigenvalue weighted by Crippen LogP contribution is 2.40. The first-order valence-corrected chi connectivity index (χ1v) is 10.4. The lowest BCUT2D eigenvalue weighted by atomic mass is 10.1. The fourth-order valence-corrected chi connectivity index (χ4v) is 4.63. The number of carbonyl (C=O) groups excluding carboxylic acids is 1. The summed E-state index contributed by atoms with van der Waals surface area (Å²) < 4.78 is 15.6. The van der Waals surface area contributed by atoms with Crippen molar-refractivity contribution in [1.82, 2.24) is 30.2 Å². The largest absolute Gasteiger partial charge is 0.321 e. The summed E-state index contributed by atoms with van der Waals surface area (Å²) in [6, 6.07) is 4.30. The molecule has 3 heterocycles. The standard InChI is InChI=1S/C20H18FN7OS/c1-9-16-10(2)22-18(12-4-5-12)24-20(16)30-17(9)19(29)23-13-6-7-14(21)15(8-13)28-11(3)25-26-27-28/h6-8,12H,4-5H2,1-3H3,(H,23,29). The second kappa shape index (κ2) is 6.91. The van der Waals surface area contributed by atoms with Gasteiger partial charge in [-0.1, -0.05) is 0 Å². The predicted molar refractivity (Wildman–Crippen MR) is 111 cm³/mol. The Labute approximate surface area is 175 Å². The molecule has 0 atom stereocenters. The van der Waals surface area contributed by atoms with E-state index in [1.165, 1.54) is 34.2 Å². The maximum absolute atomic E-state index is 14.3. The minimum Gasteiger partial charge on any atom is -0.321 e. The van der Waals surface area contributed by atoms with Crippen LogP contribution in [0.1, 0.15) is 51.3 Å². The maximum atomic E-state index is 14.3. The number of carbonyl (C=O) groups is 1. The monoisotopic (exact) mass is 423 g/mol. The van der Waals surface area contributed by atoms with E-state index in [-0.39, 0.29) is 11.6 Å². The smallest absolute Gasteiger partial charge is 0.266 e. The van der Waals surface area contributed by atoms with Crippen LogP contribution in [0.4, 0.5) is 10.1 Å². The number of tetrazole rings is 1. The Bertz CT molecular complexity index is 1310. The van der Waals surface area contributed by atoms with Gasteiger partial charge in [-0.2, -0.15) is 4.68 Å². The number of halogens is 1. The van der Waals surface area contributed by atoms with Crippen LogP contribution in [0.5, 0.6) is 0 Å². The van der Waals surface area contributed by atoms with E-state index in [0.29, 0.717) is 22.3 Å². The van der Waals surface area contributed by atoms with Crippen molar-refractivity contribution in [1.29, 1.82) is 0 Å². The second-order valence-electron chi connectivity index (χ2n) is 7.44. The third-order valence-electron chi connectivity index (χ3n) is 5.19. The fraction of sp³-hybridized carbons (Fsp3) is 0.300. The molecule has 10 heteroatoms. The molecule has 30 heavy (non-hydrogen) atoms. The summed E-state index contributed by atoms with van der Waals surface area (Å²) in [5, 5.41) is 14.9. The van der Waals surface area contributed by atoms with Crippen LogP contribution in [0.25, 0.3) is 15.9 Å². The summed E-state index contributed by atoms with van der Waals surface area (Å²) >= 11 is 1.36. The van der Waals surface area contributed by atoms with E-state index in [1.54, 1.807) is 6.92 Å². The molecule has 0 aliphatic heterocycles. The Morgan fingerprint density at radius 2 is 2.03 bits per heavy atom. The van der Waals surface area contributed by atoms with Gasteiger partial charge in [-0.15, -0.1) is 16.4 Å². The molecular weight excluding hydrogens is 405 g/mol. The number of amides is 1. The zero-order valence-corrected chi connectivity index (χ0v) is 17.4. The first kappa shape index (κ1) is 18.7. The van der Waals surface area contributed by atoms with Gasteiger partial charge in [0.1, 0.15) is 22.2 Å². The van der Waals surface area contributed by atoms with Crippen molar-refractivity contribution in [3.8, 4) is 5.69 Å². The van der Waals surface area contributed by atoms with Crippen molar-refractivity contribution in [2.24, 2.45) is 0 Å². The third-order valence-corrected chi connectivity index (χ3v) is 6.38. The van der Waals surface area contributed by atoms with Crippen LogP contribution in [-0.2, 0) is 0 Å². The third kappa shape index (κ3) is 3.13. The van der Waals surface area contributed by atoms with Crippen LogP contribution < -0.4 is 5.32 Å². The molecule has 0 saturated heterocycles. The highest BCUT2D eigenvalue weighted by Gasteiger charge is 2.28. The van der Waals surface area contributed by atoms with Crippen LogP contribution in [-0.4, -0.2) is 36.1 Å². The van der Waals surface area contributed by atoms with E-state index >= 15 is 0 Å². The molecule has 0 radical (unpaired) electrons. The molecule has 1 aliphatic carbocycles. The number of aromatic nitrogens is 6. The highest BCUT2D eigenvalue weighted by atomic mass is 32.1. The van der Waals surface area contributed by atoms with Gasteiger partial charge in [0.2, 0.25) is 0 Å². The molecule has 0 unspecified atom stereocenters. The summed E-state index contributed by atoms with van der Waals surface area (Å²) in [4.78, 5) is 23.7. The Balaban J connectivity index is 1.48. The Morgan fingerprint density at radius 3 is 2.73 bits per heavy atom. The number of anilines is 1. The Morgan fingerprint density at radius 1 is 1.23 bits per heavy atom. The second-order valence-corrected chi connectivity index (χ2v) is 8.44. The minimum atomic E-state index is -0.486. The van der Waals surface area contributed by atoms with Gasteiger partial charge in [0.25, 0.3) is 5.91 Å². The molecule has 152 valence electrons. The Hall–Kier alpha value is -3.27. The topological polar surface area (TPSA) is 98.5 Å². The zero-order valence-electron chi connectivity index (χ0n) is 16.6. The molecule has 1 amide bonds. The number of nitrogens with one attached hydrogen (secondary N) is 1. The van der Waals surface area contributed by atoms with E-state index in [2.05, 4.69) is 25.8 Å². The summed E-state index contributed by atoms with van der Waals surface area (Å²) in [7, 11) is 0. The highest BCUT2D eigenvalue weighted by molar-refractivity contribution is 7.20. The van der Waals surface area contributed by atoms with Crippen LogP contribution in [0.2, 0.25) is 0 Å². The molecular formula is C20H18FN7OS. The van der Waals surface area contributed by atoms with Crippen molar-refractivity contribution in [2.75, 3.05) is 5.32 Å². The van der Waals surface area contributed by atoms with Gasteiger partial charge >= 0.3 is 0 Å². The number of fused-ring (bicyclic) bond motifs is 1. The van der Waals surface area contributed by atoms with Gasteiger partial charge in [0, 0.05) is 17.0 Å². The van der Waals surface area contributed by atoms with E-state index in [9.17, 15) is 9.18 Å². The van der Waals surface area contributed by atoms with Gasteiger partial charge < -0.3 is 5.32 Å². The van der Waals surface area contributed by atoms with Crippen LogP contribution in [0, 0.1) is 26.6 Å².